The monoisotopic (exact) mass is 411 g/mol. The van der Waals surface area contributed by atoms with Crippen LogP contribution < -0.4 is 25.2 Å². The number of hydrogen-bond acceptors (Lipinski definition) is 5. The fourth-order valence-electron chi connectivity index (χ4n) is 3.24. The molecular weight excluding hydrogens is 386 g/mol. The zero-order valence-electron chi connectivity index (χ0n) is 17.0. The first-order chi connectivity index (χ1) is 14.5. The van der Waals surface area contributed by atoms with Crippen LogP contribution in [0.25, 0.3) is 0 Å². The Kier molecular flexibility index (Phi) is 6.90. The van der Waals surface area contributed by atoms with Crippen molar-refractivity contribution >= 4 is 23.4 Å². The fraction of sp³-hybridized carbons (Fsp3) is 0.318. The summed E-state index contributed by atoms with van der Waals surface area (Å²) in [7, 11) is 0. The molecule has 2 N–H and O–H groups in total. The highest BCUT2D eigenvalue weighted by molar-refractivity contribution is 6.02. The molecular formula is C22H25N3O5. The maximum atomic E-state index is 12.5. The summed E-state index contributed by atoms with van der Waals surface area (Å²) in [6.45, 7) is 4.97. The Hall–Kier alpha value is -3.55. The Morgan fingerprint density at radius 3 is 2.40 bits per heavy atom. The molecule has 0 saturated carbocycles. The number of hydrogen-bond donors (Lipinski definition) is 2. The van der Waals surface area contributed by atoms with E-state index in [1.807, 2.05) is 26.0 Å². The quantitative estimate of drug-likeness (QED) is 0.682. The van der Waals surface area contributed by atoms with Crippen molar-refractivity contribution in [1.29, 1.82) is 0 Å². The van der Waals surface area contributed by atoms with E-state index in [0.717, 1.165) is 0 Å². The minimum absolute atomic E-state index is 0.0607. The lowest BCUT2D eigenvalue weighted by Crippen LogP contribution is -2.45. The van der Waals surface area contributed by atoms with E-state index < -0.39 is 17.7 Å². The zero-order chi connectivity index (χ0) is 21.5. The van der Waals surface area contributed by atoms with Gasteiger partial charge in [-0.15, -0.1) is 0 Å². The van der Waals surface area contributed by atoms with E-state index in [2.05, 4.69) is 10.9 Å². The first-order valence-electron chi connectivity index (χ1n) is 9.88. The number of anilines is 1. The van der Waals surface area contributed by atoms with Gasteiger partial charge in [0.05, 0.1) is 24.8 Å². The number of nitrogens with one attached hydrogen (secondary N) is 2. The number of amides is 3. The van der Waals surface area contributed by atoms with Crippen molar-refractivity contribution in [2.45, 2.75) is 20.3 Å². The van der Waals surface area contributed by atoms with Crippen LogP contribution in [0.5, 0.6) is 11.5 Å². The second-order valence-electron chi connectivity index (χ2n) is 6.71. The van der Waals surface area contributed by atoms with Crippen molar-refractivity contribution in [3.63, 3.8) is 0 Å². The number of hydrazine groups is 1. The molecule has 1 fully saturated rings. The summed E-state index contributed by atoms with van der Waals surface area (Å²) >= 11 is 0. The van der Waals surface area contributed by atoms with Gasteiger partial charge in [0.1, 0.15) is 11.5 Å². The summed E-state index contributed by atoms with van der Waals surface area (Å²) in [5, 5.41) is 0. The summed E-state index contributed by atoms with van der Waals surface area (Å²) in [5.74, 6) is -0.352. The summed E-state index contributed by atoms with van der Waals surface area (Å²) in [6, 6.07) is 13.8. The number of ether oxygens (including phenoxy) is 2. The van der Waals surface area contributed by atoms with Gasteiger partial charge in [0.15, 0.2) is 0 Å². The first-order valence-corrected chi connectivity index (χ1v) is 9.88. The van der Waals surface area contributed by atoms with E-state index in [1.54, 1.807) is 41.3 Å². The van der Waals surface area contributed by atoms with E-state index in [9.17, 15) is 14.4 Å². The smallest absolute Gasteiger partial charge is 0.269 e. The maximum absolute atomic E-state index is 12.5. The number of nitrogens with zero attached hydrogens (tertiary/aromatic N) is 1. The van der Waals surface area contributed by atoms with Gasteiger partial charge in [-0.3, -0.25) is 25.2 Å². The molecule has 0 radical (unpaired) electrons. The van der Waals surface area contributed by atoms with Gasteiger partial charge in [0.25, 0.3) is 5.91 Å². The zero-order valence-corrected chi connectivity index (χ0v) is 17.0. The van der Waals surface area contributed by atoms with Crippen LogP contribution in [0.4, 0.5) is 5.69 Å². The Bertz CT molecular complexity index is 913. The molecule has 0 aliphatic carbocycles. The van der Waals surface area contributed by atoms with E-state index >= 15 is 0 Å². The van der Waals surface area contributed by atoms with Gasteiger partial charge in [0, 0.05) is 18.5 Å². The van der Waals surface area contributed by atoms with Crippen LogP contribution in [0.2, 0.25) is 0 Å². The minimum atomic E-state index is -0.576. The Labute approximate surface area is 175 Å². The van der Waals surface area contributed by atoms with E-state index in [4.69, 9.17) is 9.47 Å². The predicted molar refractivity (Wildman–Crippen MR) is 111 cm³/mol. The van der Waals surface area contributed by atoms with Crippen LogP contribution in [-0.2, 0) is 9.59 Å². The van der Waals surface area contributed by atoms with Gasteiger partial charge in [0.2, 0.25) is 11.8 Å². The van der Waals surface area contributed by atoms with Crippen molar-refractivity contribution in [3.05, 3.63) is 54.1 Å². The predicted octanol–water partition coefficient (Wildman–Crippen LogP) is 2.30. The van der Waals surface area contributed by atoms with Gasteiger partial charge in [-0.25, -0.2) is 0 Å². The molecule has 158 valence electrons. The van der Waals surface area contributed by atoms with Gasteiger partial charge in [-0.05, 0) is 50.2 Å². The molecule has 1 aliphatic heterocycles. The molecule has 1 aliphatic rings. The van der Waals surface area contributed by atoms with Gasteiger partial charge < -0.3 is 14.4 Å². The second kappa shape index (κ2) is 9.78. The number of rotatable bonds is 7. The van der Waals surface area contributed by atoms with Crippen molar-refractivity contribution in [2.75, 3.05) is 24.7 Å². The third kappa shape index (κ3) is 4.89. The van der Waals surface area contributed by atoms with E-state index in [1.165, 1.54) is 0 Å². The molecule has 2 aromatic carbocycles. The van der Waals surface area contributed by atoms with Gasteiger partial charge >= 0.3 is 0 Å². The number of carbonyl (C=O) groups is 3. The highest BCUT2D eigenvalue weighted by Crippen LogP contribution is 2.33. The summed E-state index contributed by atoms with van der Waals surface area (Å²) in [4.78, 5) is 38.8. The molecule has 3 rings (SSSR count). The van der Waals surface area contributed by atoms with E-state index in [-0.39, 0.29) is 18.9 Å². The molecule has 1 atom stereocenters. The van der Waals surface area contributed by atoms with Gasteiger partial charge in [-0.1, -0.05) is 12.1 Å². The SMILES string of the molecule is CCOc1ccc(C(=O)NNC(=O)[C@H]2CC(=O)N(c3ccccc3OCC)C2)cc1. The molecule has 2 aromatic rings. The van der Waals surface area contributed by atoms with Crippen LogP contribution >= 0.6 is 0 Å². The summed E-state index contributed by atoms with van der Waals surface area (Å²) in [6.07, 6.45) is 0.0607. The molecule has 8 nitrogen and oxygen atoms in total. The van der Waals surface area contributed by atoms with Crippen LogP contribution in [0.1, 0.15) is 30.6 Å². The average molecular weight is 411 g/mol. The lowest BCUT2D eigenvalue weighted by molar-refractivity contribution is -0.126. The van der Waals surface area contributed by atoms with Crippen LogP contribution in [-0.4, -0.2) is 37.5 Å². The van der Waals surface area contributed by atoms with Crippen molar-refractivity contribution < 1.29 is 23.9 Å². The Morgan fingerprint density at radius 2 is 1.70 bits per heavy atom. The normalized spacial score (nSPS) is 15.6. The fourth-order valence-corrected chi connectivity index (χ4v) is 3.24. The number of para-hydroxylation sites is 2. The molecule has 3 amide bonds. The molecule has 0 spiro atoms. The number of carbonyl (C=O) groups excluding carboxylic acids is 3. The molecule has 30 heavy (non-hydrogen) atoms. The largest absolute Gasteiger partial charge is 0.494 e. The van der Waals surface area contributed by atoms with Gasteiger partial charge in [-0.2, -0.15) is 0 Å². The van der Waals surface area contributed by atoms with Crippen molar-refractivity contribution in [1.82, 2.24) is 10.9 Å². The Balaban J connectivity index is 1.58. The average Bonchev–Trinajstić information content (AvgIpc) is 3.15. The standard InChI is InChI=1S/C22H25N3O5/c1-3-29-17-11-9-15(10-12-17)21(27)23-24-22(28)16-13-20(26)25(14-16)18-7-5-6-8-19(18)30-4-2/h5-12,16H,3-4,13-14H2,1-2H3,(H,23,27)(H,24,28)/t16-/m0/s1. The van der Waals surface area contributed by atoms with E-state index in [0.29, 0.717) is 36.0 Å². The molecule has 8 heteroatoms. The van der Waals surface area contributed by atoms with Crippen LogP contribution in [0.15, 0.2) is 48.5 Å². The second-order valence-corrected chi connectivity index (χ2v) is 6.71. The molecule has 1 heterocycles. The third-order valence-electron chi connectivity index (χ3n) is 4.68. The highest BCUT2D eigenvalue weighted by atomic mass is 16.5. The third-order valence-corrected chi connectivity index (χ3v) is 4.68. The van der Waals surface area contributed by atoms with Crippen molar-refractivity contribution in [3.8, 4) is 11.5 Å². The number of benzene rings is 2. The maximum Gasteiger partial charge on any atom is 0.269 e. The molecule has 0 bridgehead atoms. The summed E-state index contributed by atoms with van der Waals surface area (Å²) < 4.78 is 10.9. The van der Waals surface area contributed by atoms with Crippen LogP contribution in [0.3, 0.4) is 0 Å². The first kappa shape index (κ1) is 21.2. The lowest BCUT2D eigenvalue weighted by Gasteiger charge is -2.20. The summed E-state index contributed by atoms with van der Waals surface area (Å²) in [5.41, 5.74) is 5.83. The minimum Gasteiger partial charge on any atom is -0.494 e. The lowest BCUT2D eigenvalue weighted by atomic mass is 10.1. The topological polar surface area (TPSA) is 97.0 Å². The molecule has 1 saturated heterocycles. The van der Waals surface area contributed by atoms with Crippen molar-refractivity contribution in [2.24, 2.45) is 5.92 Å². The molecule has 0 aromatic heterocycles. The Morgan fingerprint density at radius 1 is 1.00 bits per heavy atom. The van der Waals surface area contributed by atoms with Crippen LogP contribution in [0, 0.1) is 5.92 Å². The highest BCUT2D eigenvalue weighted by Gasteiger charge is 2.36. The molecule has 0 unspecified atom stereocenters.